The van der Waals surface area contributed by atoms with Gasteiger partial charge in [-0.1, -0.05) is 0 Å². The molecule has 52 valence electrons. The number of rotatable bonds is 1. The second kappa shape index (κ2) is 3.32. The van der Waals surface area contributed by atoms with E-state index in [-0.39, 0.29) is 24.5 Å². The molecule has 0 amide bonds. The summed E-state index contributed by atoms with van der Waals surface area (Å²) in [6.07, 6.45) is 0. The van der Waals surface area contributed by atoms with Gasteiger partial charge < -0.3 is 10.3 Å². The smallest absolute Gasteiger partial charge is 0.280 e. The van der Waals surface area contributed by atoms with Gasteiger partial charge in [-0.2, -0.15) is 5.16 Å². The van der Waals surface area contributed by atoms with Crippen LogP contribution in [0.4, 0.5) is 0 Å². The average molecular weight is 151 g/mol. The molecule has 0 fully saturated rings. The van der Waals surface area contributed by atoms with E-state index in [1.165, 1.54) is 6.07 Å². The van der Waals surface area contributed by atoms with Crippen molar-refractivity contribution in [3.63, 3.8) is 0 Å². The maximum Gasteiger partial charge on any atom is 0.280 e. The largest absolute Gasteiger partial charge is 0.382 e. The van der Waals surface area contributed by atoms with Gasteiger partial charge in [-0.3, -0.25) is 4.79 Å². The van der Waals surface area contributed by atoms with Crippen LogP contribution in [0.5, 0.6) is 0 Å². The van der Waals surface area contributed by atoms with Gasteiger partial charge in [0.05, 0.1) is 6.54 Å². The van der Waals surface area contributed by atoms with Crippen molar-refractivity contribution in [1.29, 1.82) is 0 Å². The molecule has 3 N–H and O–H groups in total. The molecule has 0 saturated heterocycles. The van der Waals surface area contributed by atoms with E-state index in [1.54, 1.807) is 0 Å². The fourth-order valence-corrected chi connectivity index (χ4v) is 0.422. The highest BCUT2D eigenvalue weighted by Gasteiger charge is 1.91. The molecule has 0 radical (unpaired) electrons. The summed E-state index contributed by atoms with van der Waals surface area (Å²) < 4.78 is 4.55. The third kappa shape index (κ3) is 1.91. The molecule has 0 aliphatic rings. The lowest BCUT2D eigenvalue weighted by Crippen LogP contribution is -1.95. The van der Waals surface area contributed by atoms with Gasteiger partial charge in [0.25, 0.3) is 5.56 Å². The van der Waals surface area contributed by atoms with E-state index in [1.807, 2.05) is 0 Å². The zero-order chi connectivity index (χ0) is 5.98. The number of nitrogens with two attached hydrogens (primary N) is 1. The average Bonchev–Trinajstić information content (AvgIpc) is 2.14. The monoisotopic (exact) mass is 150 g/mol. The number of H-pyrrole nitrogens is 1. The van der Waals surface area contributed by atoms with E-state index in [4.69, 9.17) is 5.73 Å². The molecule has 9 heavy (non-hydrogen) atoms. The van der Waals surface area contributed by atoms with Crippen molar-refractivity contribution in [2.45, 2.75) is 6.54 Å². The first-order chi connectivity index (χ1) is 3.83. The highest BCUT2D eigenvalue weighted by molar-refractivity contribution is 5.85. The summed E-state index contributed by atoms with van der Waals surface area (Å²) in [4.78, 5) is 10.2. The molecule has 5 heteroatoms. The van der Waals surface area contributed by atoms with Crippen LogP contribution in [0.15, 0.2) is 15.4 Å². The van der Waals surface area contributed by atoms with Crippen molar-refractivity contribution < 1.29 is 4.52 Å². The Labute approximate surface area is 57.4 Å². The van der Waals surface area contributed by atoms with E-state index in [2.05, 4.69) is 9.68 Å². The molecule has 0 unspecified atom stereocenters. The van der Waals surface area contributed by atoms with Crippen molar-refractivity contribution >= 4 is 12.4 Å². The Morgan fingerprint density at radius 1 is 1.78 bits per heavy atom. The highest BCUT2D eigenvalue weighted by atomic mass is 35.5. The molecule has 0 bridgehead atoms. The Morgan fingerprint density at radius 2 is 2.44 bits per heavy atom. The summed E-state index contributed by atoms with van der Waals surface area (Å²) in [6.45, 7) is 0.263. The fourth-order valence-electron chi connectivity index (χ4n) is 0.422. The number of aromatic amines is 1. The van der Waals surface area contributed by atoms with Gasteiger partial charge in [0.1, 0.15) is 0 Å². The van der Waals surface area contributed by atoms with Crippen LogP contribution in [0, 0.1) is 0 Å². The van der Waals surface area contributed by atoms with Gasteiger partial charge in [-0.25, -0.2) is 0 Å². The summed E-state index contributed by atoms with van der Waals surface area (Å²) in [5.41, 5.74) is 4.87. The number of aromatic nitrogens is 1. The van der Waals surface area contributed by atoms with Crippen molar-refractivity contribution in [2.24, 2.45) is 5.73 Å². The molecule has 1 aromatic rings. The van der Waals surface area contributed by atoms with E-state index < -0.39 is 0 Å². The molecular weight excluding hydrogens is 144 g/mol. The first kappa shape index (κ1) is 8.26. The SMILES string of the molecule is Cl.NCc1cc(=O)[nH]o1. The Balaban J connectivity index is 0.000000640. The molecule has 0 saturated carbocycles. The Bertz CT molecular complexity index is 216. The van der Waals surface area contributed by atoms with Crippen molar-refractivity contribution in [3.05, 3.63) is 22.2 Å². The lowest BCUT2D eigenvalue weighted by atomic mass is 10.5. The fraction of sp³-hybridized carbons (Fsp3) is 0.250. The summed E-state index contributed by atoms with van der Waals surface area (Å²) in [6, 6.07) is 1.32. The highest BCUT2D eigenvalue weighted by Crippen LogP contribution is 1.86. The number of nitrogens with one attached hydrogen (secondary N) is 1. The zero-order valence-electron chi connectivity index (χ0n) is 4.59. The van der Waals surface area contributed by atoms with E-state index in [0.29, 0.717) is 5.76 Å². The van der Waals surface area contributed by atoms with Gasteiger partial charge in [0.2, 0.25) is 0 Å². The van der Waals surface area contributed by atoms with Crippen LogP contribution in [-0.2, 0) is 6.54 Å². The second-order valence-corrected chi connectivity index (χ2v) is 1.38. The Morgan fingerprint density at radius 3 is 2.67 bits per heavy atom. The molecule has 4 nitrogen and oxygen atoms in total. The molecule has 0 aliphatic carbocycles. The third-order valence-corrected chi connectivity index (χ3v) is 0.776. The van der Waals surface area contributed by atoms with Gasteiger partial charge in [-0.05, 0) is 0 Å². The normalized spacial score (nSPS) is 8.56. The maximum absolute atomic E-state index is 10.2. The standard InChI is InChI=1S/C4H6N2O2.ClH/c5-2-3-1-4(7)6-8-3;/h1H,2,5H2,(H,6,7);1H. The van der Waals surface area contributed by atoms with Crippen LogP contribution in [0.25, 0.3) is 0 Å². The summed E-state index contributed by atoms with van der Waals surface area (Å²) >= 11 is 0. The minimum absolute atomic E-state index is 0. The number of halogens is 1. The van der Waals surface area contributed by atoms with Gasteiger partial charge >= 0.3 is 0 Å². The molecule has 1 heterocycles. The topological polar surface area (TPSA) is 72.0 Å². The van der Waals surface area contributed by atoms with Crippen LogP contribution < -0.4 is 11.3 Å². The predicted octanol–water partition coefficient (Wildman–Crippen LogP) is -0.152. The van der Waals surface area contributed by atoms with Gasteiger partial charge in [0.15, 0.2) is 5.76 Å². The van der Waals surface area contributed by atoms with Crippen molar-refractivity contribution in [3.8, 4) is 0 Å². The predicted molar refractivity (Wildman–Crippen MR) is 34.5 cm³/mol. The third-order valence-electron chi connectivity index (χ3n) is 0.776. The maximum atomic E-state index is 10.2. The van der Waals surface area contributed by atoms with E-state index in [0.717, 1.165) is 0 Å². The number of hydrogen-bond donors (Lipinski definition) is 2. The number of hydrogen-bond acceptors (Lipinski definition) is 3. The lowest BCUT2D eigenvalue weighted by Gasteiger charge is -1.77. The molecule has 1 aromatic heterocycles. The summed E-state index contributed by atoms with van der Waals surface area (Å²) in [7, 11) is 0. The summed E-state index contributed by atoms with van der Waals surface area (Å²) in [5.74, 6) is 0.481. The van der Waals surface area contributed by atoms with Crippen molar-refractivity contribution in [2.75, 3.05) is 0 Å². The van der Waals surface area contributed by atoms with Crippen LogP contribution in [0.2, 0.25) is 0 Å². The molecule has 0 aromatic carbocycles. The first-order valence-electron chi connectivity index (χ1n) is 2.20. The molecule has 1 rings (SSSR count). The van der Waals surface area contributed by atoms with Gasteiger partial charge in [-0.15, -0.1) is 12.4 Å². The zero-order valence-corrected chi connectivity index (χ0v) is 5.40. The molecule has 0 atom stereocenters. The molecular formula is C4H7ClN2O2. The first-order valence-corrected chi connectivity index (χ1v) is 2.20. The minimum Gasteiger partial charge on any atom is -0.382 e. The van der Waals surface area contributed by atoms with Gasteiger partial charge in [0, 0.05) is 6.07 Å². The van der Waals surface area contributed by atoms with Crippen LogP contribution in [0.3, 0.4) is 0 Å². The van der Waals surface area contributed by atoms with Crippen LogP contribution in [-0.4, -0.2) is 5.16 Å². The van der Waals surface area contributed by atoms with Crippen LogP contribution in [0.1, 0.15) is 5.76 Å². The van der Waals surface area contributed by atoms with Crippen LogP contribution >= 0.6 is 12.4 Å². The second-order valence-electron chi connectivity index (χ2n) is 1.38. The Kier molecular flexibility index (Phi) is 3.05. The lowest BCUT2D eigenvalue weighted by molar-refractivity contribution is 0.380. The van der Waals surface area contributed by atoms with E-state index in [9.17, 15) is 4.79 Å². The molecule has 0 aliphatic heterocycles. The van der Waals surface area contributed by atoms with E-state index >= 15 is 0 Å². The Hall–Kier alpha value is -0.740. The van der Waals surface area contributed by atoms with Crippen molar-refractivity contribution in [1.82, 2.24) is 5.16 Å². The molecule has 0 spiro atoms. The summed E-state index contributed by atoms with van der Waals surface area (Å²) in [5, 5.41) is 2.11. The quantitative estimate of drug-likeness (QED) is 0.585. The minimum atomic E-state index is -0.245.